The molecule has 0 heterocycles. The van der Waals surface area contributed by atoms with Crippen molar-refractivity contribution in [2.45, 2.75) is 122 Å². The molecule has 0 saturated carbocycles. The van der Waals surface area contributed by atoms with E-state index in [1.807, 2.05) is 0 Å². The van der Waals surface area contributed by atoms with E-state index in [1.54, 1.807) is 0 Å². The molecule has 0 nitrogen and oxygen atoms in total. The number of hydrogen-bond acceptors (Lipinski definition) is 0. The Morgan fingerprint density at radius 1 is 0.516 bits per heavy atom. The zero-order valence-electron chi connectivity index (χ0n) is 20.4. The lowest BCUT2D eigenvalue weighted by atomic mass is 10.0. The van der Waals surface area contributed by atoms with E-state index in [-0.39, 0.29) is 0 Å². The Bertz CT molecular complexity index is 696. The van der Waals surface area contributed by atoms with Gasteiger partial charge in [0.05, 0.1) is 0 Å². The fourth-order valence-electron chi connectivity index (χ4n) is 4.50. The molecule has 0 saturated heterocycles. The summed E-state index contributed by atoms with van der Waals surface area (Å²) in [6, 6.07) is 15.6. The molecule has 0 radical (unpaired) electrons. The number of fused-ring (bicyclic) bond motifs is 1. The van der Waals surface area contributed by atoms with Gasteiger partial charge < -0.3 is 0 Å². The van der Waals surface area contributed by atoms with Crippen molar-refractivity contribution in [1.29, 1.82) is 0 Å². The Balaban J connectivity index is 1.33. The normalized spacial score (nSPS) is 11.6. The highest BCUT2D eigenvalue weighted by molar-refractivity contribution is 5.82. The Kier molecular flexibility index (Phi) is 15.0. The molecule has 2 aromatic rings. The summed E-state index contributed by atoms with van der Waals surface area (Å²) in [4.78, 5) is 0. The molecule has 0 N–H and O–H groups in total. The maximum atomic E-state index is 2.43. The molecule has 0 amide bonds. The van der Waals surface area contributed by atoms with Crippen LogP contribution in [0.3, 0.4) is 0 Å². The molecule has 0 heteroatoms. The van der Waals surface area contributed by atoms with Crippen LogP contribution in [-0.2, 0) is 6.42 Å². The molecule has 0 atom stereocenters. The average molecular weight is 421 g/mol. The minimum Gasteiger partial charge on any atom is -0.0885 e. The standard InChI is InChI=1S/C31H48/c1-2-3-4-5-6-7-8-9-10-11-12-13-14-15-16-17-18-19-20-23-29-26-27-30-24-21-22-25-31(30)28-29/h10-11,21-22,24-28H,2-9,12-20,23H2,1H3/b11-10+. The van der Waals surface area contributed by atoms with Gasteiger partial charge in [-0.2, -0.15) is 0 Å². The number of benzene rings is 2. The third kappa shape index (κ3) is 12.8. The van der Waals surface area contributed by atoms with Gasteiger partial charge in [0, 0.05) is 0 Å². The van der Waals surface area contributed by atoms with Gasteiger partial charge in [0.1, 0.15) is 0 Å². The predicted octanol–water partition coefficient (Wildman–Crippen LogP) is 10.6. The second-order valence-corrected chi connectivity index (χ2v) is 9.43. The molecule has 0 unspecified atom stereocenters. The van der Waals surface area contributed by atoms with Gasteiger partial charge >= 0.3 is 0 Å². The molecular weight excluding hydrogens is 372 g/mol. The van der Waals surface area contributed by atoms with Crippen molar-refractivity contribution in [1.82, 2.24) is 0 Å². The zero-order chi connectivity index (χ0) is 21.8. The Morgan fingerprint density at radius 3 is 1.65 bits per heavy atom. The number of unbranched alkanes of at least 4 members (excludes halogenated alkanes) is 15. The zero-order valence-corrected chi connectivity index (χ0v) is 20.4. The van der Waals surface area contributed by atoms with Crippen LogP contribution < -0.4 is 0 Å². The summed E-state index contributed by atoms with van der Waals surface area (Å²) in [7, 11) is 0. The summed E-state index contributed by atoms with van der Waals surface area (Å²) in [6.07, 6.45) is 29.8. The summed E-state index contributed by atoms with van der Waals surface area (Å²) >= 11 is 0. The molecule has 0 spiro atoms. The molecule has 31 heavy (non-hydrogen) atoms. The van der Waals surface area contributed by atoms with E-state index in [9.17, 15) is 0 Å². The molecule has 0 aliphatic rings. The highest BCUT2D eigenvalue weighted by Crippen LogP contribution is 2.18. The molecule has 172 valence electrons. The second-order valence-electron chi connectivity index (χ2n) is 9.43. The number of aryl methyl sites for hydroxylation is 1. The van der Waals surface area contributed by atoms with Crippen molar-refractivity contribution in [3.8, 4) is 0 Å². The monoisotopic (exact) mass is 420 g/mol. The highest BCUT2D eigenvalue weighted by atomic mass is 14.0. The van der Waals surface area contributed by atoms with Crippen LogP contribution in [-0.4, -0.2) is 0 Å². The molecule has 0 aliphatic heterocycles. The van der Waals surface area contributed by atoms with Crippen molar-refractivity contribution in [2.75, 3.05) is 0 Å². The van der Waals surface area contributed by atoms with Crippen molar-refractivity contribution in [3.63, 3.8) is 0 Å². The lowest BCUT2D eigenvalue weighted by Gasteiger charge is -2.05. The van der Waals surface area contributed by atoms with E-state index in [4.69, 9.17) is 0 Å². The Labute approximate surface area is 193 Å². The predicted molar refractivity (Wildman–Crippen MR) is 141 cm³/mol. The molecule has 2 aromatic carbocycles. The molecule has 0 fully saturated rings. The third-order valence-electron chi connectivity index (χ3n) is 6.54. The van der Waals surface area contributed by atoms with Crippen molar-refractivity contribution < 1.29 is 0 Å². The van der Waals surface area contributed by atoms with E-state index in [2.05, 4.69) is 61.5 Å². The quantitative estimate of drug-likeness (QED) is 0.156. The van der Waals surface area contributed by atoms with Crippen molar-refractivity contribution in [3.05, 3.63) is 60.2 Å². The summed E-state index contributed by atoms with van der Waals surface area (Å²) in [5.74, 6) is 0. The summed E-state index contributed by atoms with van der Waals surface area (Å²) in [5, 5.41) is 2.74. The summed E-state index contributed by atoms with van der Waals surface area (Å²) < 4.78 is 0. The summed E-state index contributed by atoms with van der Waals surface area (Å²) in [5.41, 5.74) is 1.50. The smallest absolute Gasteiger partial charge is 0.0181 e. The maximum Gasteiger partial charge on any atom is -0.0181 e. The van der Waals surface area contributed by atoms with E-state index < -0.39 is 0 Å². The fraction of sp³-hybridized carbons (Fsp3) is 0.613. The van der Waals surface area contributed by atoms with Crippen LogP contribution in [0.5, 0.6) is 0 Å². The van der Waals surface area contributed by atoms with Crippen LogP contribution >= 0.6 is 0 Å². The largest absolute Gasteiger partial charge is 0.0885 e. The number of allylic oxidation sites excluding steroid dienone is 2. The van der Waals surface area contributed by atoms with Gasteiger partial charge in [0.2, 0.25) is 0 Å². The summed E-state index contributed by atoms with van der Waals surface area (Å²) in [6.45, 7) is 2.29. The topological polar surface area (TPSA) is 0 Å². The van der Waals surface area contributed by atoms with Gasteiger partial charge in [-0.3, -0.25) is 0 Å². The minimum atomic E-state index is 1.23. The van der Waals surface area contributed by atoms with Crippen LogP contribution in [0.25, 0.3) is 10.8 Å². The first kappa shape index (κ1) is 25.7. The van der Waals surface area contributed by atoms with Gasteiger partial charge in [-0.05, 0) is 54.9 Å². The van der Waals surface area contributed by atoms with Crippen molar-refractivity contribution >= 4 is 10.8 Å². The maximum absolute atomic E-state index is 2.43. The van der Waals surface area contributed by atoms with Crippen LogP contribution in [0.4, 0.5) is 0 Å². The minimum absolute atomic E-state index is 1.23. The SMILES string of the molecule is CCCCCCCCC/C=C/CCCCCCCCCCc1ccc2ccccc2c1. The van der Waals surface area contributed by atoms with Gasteiger partial charge in [0.15, 0.2) is 0 Å². The molecule has 0 aromatic heterocycles. The van der Waals surface area contributed by atoms with E-state index >= 15 is 0 Å². The number of rotatable bonds is 19. The Morgan fingerprint density at radius 2 is 1.03 bits per heavy atom. The average Bonchev–Trinajstić information content (AvgIpc) is 2.80. The molecule has 0 bridgehead atoms. The van der Waals surface area contributed by atoms with Crippen LogP contribution in [0.15, 0.2) is 54.6 Å². The van der Waals surface area contributed by atoms with Crippen LogP contribution in [0, 0.1) is 0 Å². The van der Waals surface area contributed by atoms with Crippen molar-refractivity contribution in [2.24, 2.45) is 0 Å². The molecule has 0 aliphatic carbocycles. The van der Waals surface area contributed by atoms with Crippen LogP contribution in [0.1, 0.15) is 122 Å². The van der Waals surface area contributed by atoms with Crippen LogP contribution in [0.2, 0.25) is 0 Å². The third-order valence-corrected chi connectivity index (χ3v) is 6.54. The first-order chi connectivity index (χ1) is 15.4. The lowest BCUT2D eigenvalue weighted by Crippen LogP contribution is -1.87. The second kappa shape index (κ2) is 18.1. The molecular formula is C31H48. The van der Waals surface area contributed by atoms with Gasteiger partial charge in [-0.15, -0.1) is 0 Å². The van der Waals surface area contributed by atoms with Gasteiger partial charge in [0.25, 0.3) is 0 Å². The number of hydrogen-bond donors (Lipinski definition) is 0. The lowest BCUT2D eigenvalue weighted by molar-refractivity contribution is 0.569. The van der Waals surface area contributed by atoms with E-state index in [0.717, 1.165) is 0 Å². The first-order valence-corrected chi connectivity index (χ1v) is 13.5. The highest BCUT2D eigenvalue weighted by Gasteiger charge is 1.97. The van der Waals surface area contributed by atoms with Gasteiger partial charge in [-0.1, -0.05) is 139 Å². The first-order valence-electron chi connectivity index (χ1n) is 13.5. The fourth-order valence-corrected chi connectivity index (χ4v) is 4.50. The van der Waals surface area contributed by atoms with Gasteiger partial charge in [-0.25, -0.2) is 0 Å². The Hall–Kier alpha value is -1.56. The van der Waals surface area contributed by atoms with E-state index in [1.165, 1.54) is 132 Å². The molecule has 2 rings (SSSR count). The van der Waals surface area contributed by atoms with E-state index in [0.29, 0.717) is 0 Å².